The highest BCUT2D eigenvalue weighted by molar-refractivity contribution is 5.85. The number of fused-ring (bicyclic) bond motifs is 1. The van der Waals surface area contributed by atoms with Crippen LogP contribution < -0.4 is 5.32 Å². The molecule has 18 heavy (non-hydrogen) atoms. The van der Waals surface area contributed by atoms with Gasteiger partial charge in [0.2, 0.25) is 0 Å². The van der Waals surface area contributed by atoms with Crippen molar-refractivity contribution in [3.05, 3.63) is 42.5 Å². The number of hydrogen-bond acceptors (Lipinski definition) is 1. The van der Waals surface area contributed by atoms with Gasteiger partial charge in [0.15, 0.2) is 0 Å². The molecule has 94 valence electrons. The molecule has 0 atom stereocenters. The van der Waals surface area contributed by atoms with Crippen molar-refractivity contribution in [1.82, 2.24) is 0 Å². The van der Waals surface area contributed by atoms with Crippen LogP contribution in [-0.4, -0.2) is 6.04 Å². The molecule has 1 N–H and O–H groups in total. The van der Waals surface area contributed by atoms with Crippen molar-refractivity contribution in [3.63, 3.8) is 0 Å². The fourth-order valence-electron chi connectivity index (χ4n) is 2.84. The summed E-state index contributed by atoms with van der Waals surface area (Å²) < 4.78 is 0. The van der Waals surface area contributed by atoms with Gasteiger partial charge in [0, 0.05) is 11.7 Å². The fraction of sp³-hybridized carbons (Fsp3) is 0.412. The lowest BCUT2D eigenvalue weighted by Crippen LogP contribution is -2.37. The summed E-state index contributed by atoms with van der Waals surface area (Å²) in [5.41, 5.74) is 1.26. The van der Waals surface area contributed by atoms with Crippen molar-refractivity contribution in [2.75, 3.05) is 5.32 Å². The highest BCUT2D eigenvalue weighted by atomic mass is 14.9. The second-order valence-electron chi connectivity index (χ2n) is 5.88. The summed E-state index contributed by atoms with van der Waals surface area (Å²) in [7, 11) is 0. The molecule has 0 unspecified atom stereocenters. The Hall–Kier alpha value is -1.50. The van der Waals surface area contributed by atoms with Gasteiger partial charge in [-0.25, -0.2) is 0 Å². The SMILES string of the molecule is CC(C)C1CC(Nc2ccc3ccccc3c2)C1. The quantitative estimate of drug-likeness (QED) is 0.819. The first-order valence-corrected chi connectivity index (χ1v) is 6.98. The Kier molecular flexibility index (Phi) is 2.99. The molecule has 0 heterocycles. The maximum Gasteiger partial charge on any atom is 0.0348 e. The number of hydrogen-bond donors (Lipinski definition) is 1. The molecule has 1 fully saturated rings. The zero-order valence-corrected chi connectivity index (χ0v) is 11.2. The van der Waals surface area contributed by atoms with Crippen molar-refractivity contribution < 1.29 is 0 Å². The van der Waals surface area contributed by atoms with Crippen molar-refractivity contribution in [2.24, 2.45) is 11.8 Å². The minimum Gasteiger partial charge on any atom is -0.382 e. The Morgan fingerprint density at radius 2 is 1.72 bits per heavy atom. The van der Waals surface area contributed by atoms with Gasteiger partial charge < -0.3 is 5.32 Å². The first-order chi connectivity index (χ1) is 8.72. The molecule has 1 saturated carbocycles. The summed E-state index contributed by atoms with van der Waals surface area (Å²) in [6.07, 6.45) is 2.65. The summed E-state index contributed by atoms with van der Waals surface area (Å²) >= 11 is 0. The van der Waals surface area contributed by atoms with Gasteiger partial charge in [0.1, 0.15) is 0 Å². The maximum absolute atomic E-state index is 3.66. The van der Waals surface area contributed by atoms with Gasteiger partial charge in [-0.05, 0) is 47.6 Å². The molecule has 3 rings (SSSR count). The van der Waals surface area contributed by atoms with Crippen LogP contribution in [0, 0.1) is 11.8 Å². The number of nitrogens with one attached hydrogen (secondary N) is 1. The topological polar surface area (TPSA) is 12.0 Å². The average molecular weight is 239 g/mol. The fourth-order valence-corrected chi connectivity index (χ4v) is 2.84. The number of anilines is 1. The van der Waals surface area contributed by atoms with Crippen LogP contribution in [0.5, 0.6) is 0 Å². The van der Waals surface area contributed by atoms with Crippen LogP contribution in [0.25, 0.3) is 10.8 Å². The van der Waals surface area contributed by atoms with Gasteiger partial charge in [-0.1, -0.05) is 44.2 Å². The standard InChI is InChI=1S/C17H21N/c1-12(2)15-10-17(11-15)18-16-8-7-13-5-3-4-6-14(13)9-16/h3-9,12,15,17-18H,10-11H2,1-2H3. The molecular formula is C17H21N. The molecule has 0 spiro atoms. The number of benzene rings is 2. The van der Waals surface area contributed by atoms with Crippen molar-refractivity contribution in [1.29, 1.82) is 0 Å². The third-order valence-electron chi connectivity index (χ3n) is 4.24. The van der Waals surface area contributed by atoms with Crippen molar-refractivity contribution in [2.45, 2.75) is 32.7 Å². The molecule has 1 aliphatic carbocycles. The predicted octanol–water partition coefficient (Wildman–Crippen LogP) is 4.69. The van der Waals surface area contributed by atoms with Gasteiger partial charge in [0.05, 0.1) is 0 Å². The molecule has 1 nitrogen and oxygen atoms in total. The zero-order valence-electron chi connectivity index (χ0n) is 11.2. The minimum atomic E-state index is 0.679. The van der Waals surface area contributed by atoms with E-state index in [2.05, 4.69) is 61.6 Å². The van der Waals surface area contributed by atoms with Gasteiger partial charge >= 0.3 is 0 Å². The molecule has 2 aromatic carbocycles. The van der Waals surface area contributed by atoms with Crippen LogP contribution in [-0.2, 0) is 0 Å². The van der Waals surface area contributed by atoms with E-state index in [-0.39, 0.29) is 0 Å². The van der Waals surface area contributed by atoms with E-state index in [9.17, 15) is 0 Å². The Bertz CT molecular complexity index is 538. The summed E-state index contributed by atoms with van der Waals surface area (Å²) in [6.45, 7) is 4.66. The first-order valence-electron chi connectivity index (χ1n) is 6.98. The Morgan fingerprint density at radius 3 is 2.44 bits per heavy atom. The van der Waals surface area contributed by atoms with Crippen LogP contribution in [0.1, 0.15) is 26.7 Å². The predicted molar refractivity (Wildman–Crippen MR) is 78.9 cm³/mol. The molecule has 0 aliphatic heterocycles. The third kappa shape index (κ3) is 2.22. The highest BCUT2D eigenvalue weighted by Crippen LogP contribution is 2.35. The van der Waals surface area contributed by atoms with Gasteiger partial charge in [0.25, 0.3) is 0 Å². The Morgan fingerprint density at radius 1 is 1.00 bits per heavy atom. The second-order valence-corrected chi connectivity index (χ2v) is 5.88. The first kappa shape index (κ1) is 11.6. The van der Waals surface area contributed by atoms with Gasteiger partial charge in [-0.2, -0.15) is 0 Å². The summed E-state index contributed by atoms with van der Waals surface area (Å²) in [5.74, 6) is 1.75. The largest absolute Gasteiger partial charge is 0.382 e. The Balaban J connectivity index is 1.69. The lowest BCUT2D eigenvalue weighted by Gasteiger charge is -2.39. The van der Waals surface area contributed by atoms with E-state index in [1.54, 1.807) is 0 Å². The lowest BCUT2D eigenvalue weighted by molar-refractivity contribution is 0.212. The van der Waals surface area contributed by atoms with Crippen LogP contribution in [0.4, 0.5) is 5.69 Å². The van der Waals surface area contributed by atoms with E-state index >= 15 is 0 Å². The maximum atomic E-state index is 3.66. The van der Waals surface area contributed by atoms with Crippen molar-refractivity contribution in [3.8, 4) is 0 Å². The normalized spacial score (nSPS) is 23.1. The van der Waals surface area contributed by atoms with Crippen LogP contribution in [0.2, 0.25) is 0 Å². The molecule has 1 heteroatoms. The summed E-state index contributed by atoms with van der Waals surface area (Å²) in [6, 6.07) is 15.9. The van der Waals surface area contributed by atoms with E-state index in [1.165, 1.54) is 29.3 Å². The molecule has 0 bridgehead atoms. The van der Waals surface area contributed by atoms with E-state index in [1.807, 2.05) is 0 Å². The molecular weight excluding hydrogens is 218 g/mol. The van der Waals surface area contributed by atoms with E-state index in [0.29, 0.717) is 6.04 Å². The molecule has 2 aromatic rings. The Labute approximate surface area is 109 Å². The summed E-state index contributed by atoms with van der Waals surface area (Å²) in [4.78, 5) is 0. The second kappa shape index (κ2) is 4.64. The van der Waals surface area contributed by atoms with Crippen molar-refractivity contribution >= 4 is 16.5 Å². The smallest absolute Gasteiger partial charge is 0.0348 e. The van der Waals surface area contributed by atoms with Crippen LogP contribution >= 0.6 is 0 Å². The minimum absolute atomic E-state index is 0.679. The zero-order chi connectivity index (χ0) is 12.5. The molecule has 0 aromatic heterocycles. The monoisotopic (exact) mass is 239 g/mol. The summed E-state index contributed by atoms with van der Waals surface area (Å²) in [5, 5.41) is 6.29. The molecule has 1 aliphatic rings. The average Bonchev–Trinajstić information content (AvgIpc) is 2.32. The van der Waals surface area contributed by atoms with E-state index in [0.717, 1.165) is 11.8 Å². The third-order valence-corrected chi connectivity index (χ3v) is 4.24. The van der Waals surface area contributed by atoms with E-state index < -0.39 is 0 Å². The van der Waals surface area contributed by atoms with Gasteiger partial charge in [-0.15, -0.1) is 0 Å². The van der Waals surface area contributed by atoms with Gasteiger partial charge in [-0.3, -0.25) is 0 Å². The lowest BCUT2D eigenvalue weighted by atomic mass is 9.73. The highest BCUT2D eigenvalue weighted by Gasteiger charge is 2.30. The van der Waals surface area contributed by atoms with E-state index in [4.69, 9.17) is 0 Å². The molecule has 0 saturated heterocycles. The number of rotatable bonds is 3. The van der Waals surface area contributed by atoms with Crippen LogP contribution in [0.15, 0.2) is 42.5 Å². The van der Waals surface area contributed by atoms with Crippen LogP contribution in [0.3, 0.4) is 0 Å². The molecule has 0 radical (unpaired) electrons. The molecule has 0 amide bonds.